The Labute approximate surface area is 431 Å². The number of carbonyl (C=O) groups is 2. The third-order valence-electron chi connectivity index (χ3n) is 15.7. The van der Waals surface area contributed by atoms with Crippen molar-refractivity contribution in [3.05, 3.63) is 131 Å². The number of hydrogen-bond acceptors (Lipinski definition) is 8. The van der Waals surface area contributed by atoms with E-state index in [9.17, 15) is 9.59 Å². The lowest BCUT2D eigenvalue weighted by Crippen LogP contribution is -2.45. The number of para-hydroxylation sites is 2. The van der Waals surface area contributed by atoms with Crippen molar-refractivity contribution in [3.8, 4) is 11.5 Å². The number of nitrogens with zero attached hydrogens (tertiary/aromatic N) is 4. The van der Waals surface area contributed by atoms with Gasteiger partial charge in [-0.05, 0) is 106 Å². The molecule has 0 aliphatic carbocycles. The number of unbranched alkanes of at least 4 members (excludes halogenated alkanes) is 4. The minimum Gasteiger partial charge on any atom is -0.484 e. The van der Waals surface area contributed by atoms with Crippen molar-refractivity contribution in [2.75, 3.05) is 36.0 Å². The van der Waals surface area contributed by atoms with Crippen LogP contribution >= 0.6 is 22.7 Å². The normalized spacial score (nSPS) is 18.2. The van der Waals surface area contributed by atoms with Crippen molar-refractivity contribution in [1.82, 2.24) is 10.6 Å². The van der Waals surface area contributed by atoms with Crippen molar-refractivity contribution in [2.24, 2.45) is 5.92 Å². The number of aromatic nitrogens is 2. The zero-order valence-electron chi connectivity index (χ0n) is 41.5. The molecule has 0 bridgehead atoms. The highest BCUT2D eigenvalue weighted by atomic mass is 32.1. The van der Waals surface area contributed by atoms with Gasteiger partial charge >= 0.3 is 0 Å². The number of rotatable bonds is 20. The van der Waals surface area contributed by atoms with Crippen LogP contribution in [0.25, 0.3) is 42.7 Å². The Morgan fingerprint density at radius 2 is 1.07 bits per heavy atom. The minimum atomic E-state index is 0.0779. The molecule has 6 aliphatic rings. The number of anilines is 2. The fourth-order valence-electron chi connectivity index (χ4n) is 12.0. The standard InChI is InChI=1S/C60H64N6O4S2/c1-40(16-14-32-61-53(67)26-4-2-10-34-63-36-28-41-55-45(63)20-12-22-47(55)69-49-30-38-65-43-18-6-8-24-51(43)71-59(65)57(41)49)17-15-33-62-54(68)27-5-3-11-35-64-37-29-42-56-46(64)21-13-23-48(56)70-50-31-39-66-44-19-7-9-25-52(44)72-60(66)58(42)50/h6-9,12-13,18-25,28-29,36-37,40,49-50H,2-5,10-11,14-17,26-27,30-35,38-39H2,1H3/p+2. The first-order valence-corrected chi connectivity index (χ1v) is 28.4. The lowest BCUT2D eigenvalue weighted by atomic mass is 9.87. The van der Waals surface area contributed by atoms with E-state index in [0.29, 0.717) is 18.8 Å². The monoisotopic (exact) mass is 998 g/mol. The molecule has 0 spiro atoms. The second-order valence-electron chi connectivity index (χ2n) is 20.5. The molecule has 4 aromatic carbocycles. The van der Waals surface area contributed by atoms with Gasteiger partial charge in [-0.25, -0.2) is 0 Å². The molecule has 72 heavy (non-hydrogen) atoms. The average molecular weight is 999 g/mol. The molecule has 2 unspecified atom stereocenters. The SMILES string of the molecule is CC(CCCNC(=O)CCCCCN1C=CC2=C3c4sc5ccccc5[n+]4CCC3Oc3cccc1c32)CCCNC(=O)CCCCCN1C=CC2=C3c4sc5ccccc5[n+]4CCC3Oc3cccc1c32. The molecule has 6 aromatic rings. The zero-order chi connectivity index (χ0) is 48.5. The van der Waals surface area contributed by atoms with Crippen LogP contribution < -0.4 is 39.0 Å². The molecule has 8 heterocycles. The number of hydrogen-bond donors (Lipinski definition) is 2. The van der Waals surface area contributed by atoms with Crippen LogP contribution in [0.3, 0.4) is 0 Å². The van der Waals surface area contributed by atoms with Crippen LogP contribution in [0, 0.1) is 5.92 Å². The number of aryl methyl sites for hydroxylation is 2. The molecule has 0 saturated heterocycles. The fraction of sp³-hybridized carbons (Fsp3) is 0.400. The van der Waals surface area contributed by atoms with Gasteiger partial charge in [-0.2, -0.15) is 9.13 Å². The summed E-state index contributed by atoms with van der Waals surface area (Å²) in [6.45, 7) is 7.49. The first-order chi connectivity index (χ1) is 35.5. The number of amides is 2. The van der Waals surface area contributed by atoms with E-state index in [1.807, 2.05) is 22.7 Å². The molecule has 12 rings (SSSR count). The van der Waals surface area contributed by atoms with E-state index >= 15 is 0 Å². The van der Waals surface area contributed by atoms with Gasteiger partial charge in [-0.15, -0.1) is 0 Å². The van der Waals surface area contributed by atoms with Gasteiger partial charge in [-0.1, -0.05) is 78.8 Å². The molecule has 10 nitrogen and oxygen atoms in total. The van der Waals surface area contributed by atoms with E-state index in [2.05, 4.69) is 146 Å². The van der Waals surface area contributed by atoms with Gasteiger partial charge in [0.25, 0.3) is 10.0 Å². The summed E-state index contributed by atoms with van der Waals surface area (Å²) < 4.78 is 21.0. The summed E-state index contributed by atoms with van der Waals surface area (Å²) in [5.41, 5.74) is 12.7. The first kappa shape index (κ1) is 46.8. The van der Waals surface area contributed by atoms with Crippen LogP contribution in [0.15, 0.2) is 109 Å². The van der Waals surface area contributed by atoms with E-state index in [0.717, 1.165) is 128 Å². The maximum absolute atomic E-state index is 12.7. The highest BCUT2D eigenvalue weighted by Gasteiger charge is 2.44. The number of benzene rings is 4. The van der Waals surface area contributed by atoms with Crippen molar-refractivity contribution in [1.29, 1.82) is 0 Å². The molecule has 2 amide bonds. The number of fused-ring (bicyclic) bond motifs is 10. The highest BCUT2D eigenvalue weighted by molar-refractivity contribution is 7.19. The van der Waals surface area contributed by atoms with Crippen LogP contribution in [0.1, 0.15) is 118 Å². The van der Waals surface area contributed by atoms with Gasteiger partial charge in [0, 0.05) is 98.7 Å². The van der Waals surface area contributed by atoms with Gasteiger partial charge in [0.15, 0.2) is 13.1 Å². The molecule has 6 aliphatic heterocycles. The largest absolute Gasteiger partial charge is 0.484 e. The van der Waals surface area contributed by atoms with Gasteiger partial charge in [0.1, 0.15) is 33.1 Å². The molecule has 370 valence electrons. The number of ether oxygens (including phenoxy) is 2. The van der Waals surface area contributed by atoms with Crippen molar-refractivity contribution < 1.29 is 28.2 Å². The Kier molecular flexibility index (Phi) is 13.5. The maximum Gasteiger partial charge on any atom is 0.270 e. The summed E-state index contributed by atoms with van der Waals surface area (Å²) in [5, 5.41) is 8.96. The smallest absolute Gasteiger partial charge is 0.270 e. The molecule has 0 saturated carbocycles. The Morgan fingerprint density at radius 1 is 0.597 bits per heavy atom. The molecular formula is C60H66N6O4S2+2. The van der Waals surface area contributed by atoms with Gasteiger partial charge in [0.2, 0.25) is 22.8 Å². The highest BCUT2D eigenvalue weighted by Crippen LogP contribution is 2.52. The van der Waals surface area contributed by atoms with E-state index < -0.39 is 0 Å². The second kappa shape index (κ2) is 20.7. The minimum absolute atomic E-state index is 0.0779. The average Bonchev–Trinajstić information content (AvgIpc) is 3.99. The summed E-state index contributed by atoms with van der Waals surface area (Å²) in [7, 11) is 0. The maximum atomic E-state index is 12.7. The second-order valence-corrected chi connectivity index (χ2v) is 22.6. The number of allylic oxidation sites excluding steroid dienone is 4. The van der Waals surface area contributed by atoms with E-state index in [1.165, 1.54) is 75.2 Å². The van der Waals surface area contributed by atoms with Crippen LogP contribution in [0.4, 0.5) is 11.4 Å². The topological polar surface area (TPSA) is 90.9 Å². The van der Waals surface area contributed by atoms with Crippen molar-refractivity contribution in [2.45, 2.75) is 122 Å². The summed E-state index contributed by atoms with van der Waals surface area (Å²) in [4.78, 5) is 30.2. The summed E-state index contributed by atoms with van der Waals surface area (Å²) in [6.07, 6.45) is 22.3. The van der Waals surface area contributed by atoms with Crippen LogP contribution in [0.2, 0.25) is 0 Å². The molecule has 2 atom stereocenters. The van der Waals surface area contributed by atoms with E-state index in [-0.39, 0.29) is 24.0 Å². The van der Waals surface area contributed by atoms with Gasteiger partial charge in [0.05, 0.1) is 22.5 Å². The Bertz CT molecular complexity index is 2970. The summed E-state index contributed by atoms with van der Waals surface area (Å²) in [6, 6.07) is 30.4. The molecular weight excluding hydrogens is 933 g/mol. The predicted molar refractivity (Wildman–Crippen MR) is 292 cm³/mol. The lowest BCUT2D eigenvalue weighted by Gasteiger charge is -2.36. The molecule has 2 aromatic heterocycles. The molecule has 12 heteroatoms. The molecule has 2 N–H and O–H groups in total. The van der Waals surface area contributed by atoms with Crippen molar-refractivity contribution in [3.63, 3.8) is 0 Å². The third-order valence-corrected chi connectivity index (χ3v) is 18.1. The Morgan fingerprint density at radius 3 is 1.56 bits per heavy atom. The van der Waals surface area contributed by atoms with Crippen molar-refractivity contribution >= 4 is 88.6 Å². The Balaban J connectivity index is 0.514. The quantitative estimate of drug-likeness (QED) is 0.0585. The van der Waals surface area contributed by atoms with Gasteiger partial charge in [-0.3, -0.25) is 9.59 Å². The predicted octanol–water partition coefficient (Wildman–Crippen LogP) is 11.8. The molecule has 0 fully saturated rings. The fourth-order valence-corrected chi connectivity index (χ4v) is 14.6. The van der Waals surface area contributed by atoms with E-state index in [4.69, 9.17) is 9.47 Å². The molecule has 0 radical (unpaired) electrons. The van der Waals surface area contributed by atoms with Gasteiger partial charge < -0.3 is 29.9 Å². The number of thiazole rings is 2. The summed E-state index contributed by atoms with van der Waals surface area (Å²) >= 11 is 3.76. The van der Waals surface area contributed by atoms with Crippen LogP contribution in [0.5, 0.6) is 11.5 Å². The summed E-state index contributed by atoms with van der Waals surface area (Å²) in [5.74, 6) is 2.84. The van der Waals surface area contributed by atoms with Crippen LogP contribution in [-0.4, -0.2) is 50.2 Å². The van der Waals surface area contributed by atoms with Crippen LogP contribution in [-0.2, 0) is 22.7 Å². The lowest BCUT2D eigenvalue weighted by molar-refractivity contribution is -0.674. The number of nitrogens with one attached hydrogen (secondary N) is 2. The van der Waals surface area contributed by atoms with E-state index in [1.54, 1.807) is 0 Å². The third kappa shape index (κ3) is 9.14. The zero-order valence-corrected chi connectivity index (χ0v) is 43.1. The first-order valence-electron chi connectivity index (χ1n) is 26.8. The number of carbonyl (C=O) groups excluding carboxylic acids is 2. The Hall–Kier alpha value is -6.24.